The van der Waals surface area contributed by atoms with Crippen molar-refractivity contribution in [1.29, 1.82) is 0 Å². The number of halogens is 1. The Bertz CT molecular complexity index is 425. The molecule has 0 aromatic heterocycles. The Balaban J connectivity index is 2.43. The van der Waals surface area contributed by atoms with Gasteiger partial charge in [0.15, 0.2) is 0 Å². The van der Waals surface area contributed by atoms with E-state index < -0.39 is 5.41 Å². The van der Waals surface area contributed by atoms with Crippen LogP contribution in [0.25, 0.3) is 0 Å². The minimum atomic E-state index is -0.466. The first-order valence-electron chi connectivity index (χ1n) is 6.23. The summed E-state index contributed by atoms with van der Waals surface area (Å²) < 4.78 is 5.74. The first-order chi connectivity index (χ1) is 8.33. The zero-order chi connectivity index (χ0) is 13.8. The van der Waals surface area contributed by atoms with E-state index in [1.165, 1.54) is 5.56 Å². The molecule has 0 aliphatic carbocycles. The van der Waals surface area contributed by atoms with E-state index in [1.54, 1.807) is 0 Å². The lowest BCUT2D eigenvalue weighted by molar-refractivity contribution is -0.119. The van der Waals surface area contributed by atoms with Crippen molar-refractivity contribution in [2.45, 2.75) is 40.5 Å². The minimum absolute atomic E-state index is 0.283. The van der Waals surface area contributed by atoms with Crippen molar-refractivity contribution < 1.29 is 9.53 Å². The zero-order valence-electron chi connectivity index (χ0n) is 11.5. The molecule has 0 saturated carbocycles. The van der Waals surface area contributed by atoms with Crippen LogP contribution in [-0.2, 0) is 4.79 Å². The standard InChI is InChI=1S/C15H21ClO2/c1-11-6-7-12(2)13(10-11)18-9-5-8-15(3,4)14(16)17/h6-7,10H,5,8-9H2,1-4H3. The van der Waals surface area contributed by atoms with E-state index in [0.29, 0.717) is 6.61 Å². The van der Waals surface area contributed by atoms with Crippen LogP contribution in [0, 0.1) is 19.3 Å². The van der Waals surface area contributed by atoms with Gasteiger partial charge in [-0.3, -0.25) is 4.79 Å². The van der Waals surface area contributed by atoms with E-state index in [9.17, 15) is 4.79 Å². The molecule has 0 N–H and O–H groups in total. The van der Waals surface area contributed by atoms with Gasteiger partial charge in [-0.2, -0.15) is 0 Å². The third-order valence-electron chi connectivity index (χ3n) is 3.08. The second-order valence-electron chi connectivity index (χ2n) is 5.38. The normalized spacial score (nSPS) is 11.4. The van der Waals surface area contributed by atoms with Crippen LogP contribution in [0.5, 0.6) is 5.75 Å². The third kappa shape index (κ3) is 4.34. The summed E-state index contributed by atoms with van der Waals surface area (Å²) in [6.45, 7) is 8.40. The first kappa shape index (κ1) is 15.0. The Labute approximate surface area is 114 Å². The number of benzene rings is 1. The molecule has 0 spiro atoms. The van der Waals surface area contributed by atoms with Crippen LogP contribution in [0.15, 0.2) is 18.2 Å². The Morgan fingerprint density at radius 3 is 2.61 bits per heavy atom. The molecule has 18 heavy (non-hydrogen) atoms. The molecule has 0 atom stereocenters. The Kier molecular flexibility index (Phi) is 5.21. The van der Waals surface area contributed by atoms with Crippen LogP contribution in [0.4, 0.5) is 0 Å². The van der Waals surface area contributed by atoms with Gasteiger partial charge in [0.05, 0.1) is 6.61 Å². The molecule has 0 aliphatic rings. The molecule has 1 aromatic rings. The Hall–Kier alpha value is -1.02. The van der Waals surface area contributed by atoms with Crippen molar-refractivity contribution in [3.8, 4) is 5.75 Å². The van der Waals surface area contributed by atoms with Crippen LogP contribution in [0.1, 0.15) is 37.8 Å². The lowest BCUT2D eigenvalue weighted by Gasteiger charge is -2.19. The van der Waals surface area contributed by atoms with Gasteiger partial charge < -0.3 is 4.74 Å². The number of hydrogen-bond acceptors (Lipinski definition) is 2. The summed E-state index contributed by atoms with van der Waals surface area (Å²) >= 11 is 5.53. The maximum Gasteiger partial charge on any atom is 0.227 e. The van der Waals surface area contributed by atoms with Gasteiger partial charge in [-0.05, 0) is 55.5 Å². The van der Waals surface area contributed by atoms with Crippen LogP contribution < -0.4 is 4.74 Å². The number of rotatable bonds is 6. The van der Waals surface area contributed by atoms with Gasteiger partial charge in [-0.25, -0.2) is 0 Å². The van der Waals surface area contributed by atoms with Gasteiger partial charge in [0.25, 0.3) is 0 Å². The largest absolute Gasteiger partial charge is 0.493 e. The molecule has 0 fully saturated rings. The lowest BCUT2D eigenvalue weighted by Crippen LogP contribution is -2.20. The maximum atomic E-state index is 11.2. The molecule has 0 radical (unpaired) electrons. The highest BCUT2D eigenvalue weighted by Crippen LogP contribution is 2.26. The Morgan fingerprint density at radius 2 is 2.00 bits per heavy atom. The summed E-state index contributed by atoms with van der Waals surface area (Å²) in [6.07, 6.45) is 1.55. The van der Waals surface area contributed by atoms with Gasteiger partial charge in [-0.1, -0.05) is 26.0 Å². The molecule has 0 bridgehead atoms. The van der Waals surface area contributed by atoms with Crippen molar-refractivity contribution in [2.24, 2.45) is 5.41 Å². The summed E-state index contributed by atoms with van der Waals surface area (Å²) in [5.41, 5.74) is 1.85. The summed E-state index contributed by atoms with van der Waals surface area (Å²) in [5.74, 6) is 0.921. The fraction of sp³-hybridized carbons (Fsp3) is 0.533. The maximum absolute atomic E-state index is 11.2. The second kappa shape index (κ2) is 6.24. The van der Waals surface area contributed by atoms with Gasteiger partial charge in [0, 0.05) is 5.41 Å². The molecule has 100 valence electrons. The van der Waals surface area contributed by atoms with Gasteiger partial charge in [0.2, 0.25) is 5.24 Å². The summed E-state index contributed by atoms with van der Waals surface area (Å²) in [7, 11) is 0. The average Bonchev–Trinajstić information content (AvgIpc) is 2.28. The van der Waals surface area contributed by atoms with E-state index in [4.69, 9.17) is 16.3 Å². The molecule has 0 heterocycles. The summed E-state index contributed by atoms with van der Waals surface area (Å²) in [4.78, 5) is 11.2. The van der Waals surface area contributed by atoms with E-state index in [1.807, 2.05) is 33.8 Å². The van der Waals surface area contributed by atoms with Crippen LogP contribution in [0.2, 0.25) is 0 Å². The van der Waals surface area contributed by atoms with Gasteiger partial charge in [-0.15, -0.1) is 0 Å². The topological polar surface area (TPSA) is 26.3 Å². The lowest BCUT2D eigenvalue weighted by atomic mass is 9.90. The number of ether oxygens (including phenoxy) is 1. The van der Waals surface area contributed by atoms with Crippen LogP contribution in [-0.4, -0.2) is 11.8 Å². The molecule has 0 amide bonds. The van der Waals surface area contributed by atoms with Crippen LogP contribution >= 0.6 is 11.6 Å². The van der Waals surface area contributed by atoms with Gasteiger partial charge in [0.1, 0.15) is 5.75 Å². The van der Waals surface area contributed by atoms with Crippen molar-refractivity contribution >= 4 is 16.8 Å². The molecule has 2 nitrogen and oxygen atoms in total. The molecule has 3 heteroatoms. The predicted octanol–water partition coefficient (Wildman–Crippen LogP) is 4.25. The monoisotopic (exact) mass is 268 g/mol. The highest BCUT2D eigenvalue weighted by Gasteiger charge is 2.24. The van der Waals surface area contributed by atoms with Crippen molar-refractivity contribution in [1.82, 2.24) is 0 Å². The second-order valence-corrected chi connectivity index (χ2v) is 5.72. The highest BCUT2D eigenvalue weighted by molar-refractivity contribution is 6.64. The van der Waals surface area contributed by atoms with Crippen LogP contribution in [0.3, 0.4) is 0 Å². The number of carbonyl (C=O) groups excluding carboxylic acids is 1. The average molecular weight is 269 g/mol. The van der Waals surface area contributed by atoms with E-state index in [-0.39, 0.29) is 5.24 Å². The number of aryl methyl sites for hydroxylation is 2. The third-order valence-corrected chi connectivity index (χ3v) is 3.59. The summed E-state index contributed by atoms with van der Waals surface area (Å²) in [5, 5.41) is -0.283. The molecule has 0 saturated heterocycles. The smallest absolute Gasteiger partial charge is 0.227 e. The predicted molar refractivity (Wildman–Crippen MR) is 75.3 cm³/mol. The fourth-order valence-corrected chi connectivity index (χ4v) is 1.75. The van der Waals surface area contributed by atoms with E-state index in [2.05, 4.69) is 12.1 Å². The molecular weight excluding hydrogens is 248 g/mol. The summed E-state index contributed by atoms with van der Waals surface area (Å²) in [6, 6.07) is 6.15. The van der Waals surface area contributed by atoms with E-state index in [0.717, 1.165) is 24.2 Å². The van der Waals surface area contributed by atoms with Gasteiger partial charge >= 0.3 is 0 Å². The minimum Gasteiger partial charge on any atom is -0.493 e. The van der Waals surface area contributed by atoms with Crippen molar-refractivity contribution in [2.75, 3.05) is 6.61 Å². The first-order valence-corrected chi connectivity index (χ1v) is 6.61. The fourth-order valence-electron chi connectivity index (χ4n) is 1.66. The quantitative estimate of drug-likeness (QED) is 0.569. The van der Waals surface area contributed by atoms with Crippen molar-refractivity contribution in [3.05, 3.63) is 29.3 Å². The molecular formula is C15H21ClO2. The number of hydrogen-bond donors (Lipinski definition) is 0. The molecule has 0 unspecified atom stereocenters. The highest BCUT2D eigenvalue weighted by atomic mass is 35.5. The molecule has 1 aromatic carbocycles. The molecule has 0 aliphatic heterocycles. The van der Waals surface area contributed by atoms with E-state index >= 15 is 0 Å². The molecule has 1 rings (SSSR count). The van der Waals surface area contributed by atoms with Crippen molar-refractivity contribution in [3.63, 3.8) is 0 Å². The zero-order valence-corrected chi connectivity index (χ0v) is 12.3. The SMILES string of the molecule is Cc1ccc(C)c(OCCCC(C)(C)C(=O)Cl)c1. The Morgan fingerprint density at radius 1 is 1.33 bits per heavy atom. The number of carbonyl (C=O) groups is 1.